The van der Waals surface area contributed by atoms with Crippen molar-refractivity contribution in [3.05, 3.63) is 45.4 Å². The Bertz CT molecular complexity index is 1000. The third-order valence-electron chi connectivity index (χ3n) is 5.19. The highest BCUT2D eigenvalue weighted by Gasteiger charge is 2.34. The third kappa shape index (κ3) is 3.30. The van der Waals surface area contributed by atoms with Gasteiger partial charge >= 0.3 is 0 Å². The van der Waals surface area contributed by atoms with E-state index in [1.54, 1.807) is 13.3 Å². The van der Waals surface area contributed by atoms with Gasteiger partial charge in [0.1, 0.15) is 22.3 Å². The van der Waals surface area contributed by atoms with E-state index < -0.39 is 0 Å². The molecule has 2 aromatic rings. The lowest BCUT2D eigenvalue weighted by atomic mass is 9.98. The van der Waals surface area contributed by atoms with Gasteiger partial charge in [-0.2, -0.15) is 4.98 Å². The smallest absolute Gasteiger partial charge is 0.223 e. The molecule has 0 radical (unpaired) electrons. The van der Waals surface area contributed by atoms with Crippen LogP contribution in [0.4, 0.5) is 11.8 Å². The van der Waals surface area contributed by atoms with Gasteiger partial charge in [-0.15, -0.1) is 0 Å². The zero-order valence-electron chi connectivity index (χ0n) is 16.1. The Kier molecular flexibility index (Phi) is 4.71. The van der Waals surface area contributed by atoms with Crippen molar-refractivity contribution in [2.45, 2.75) is 33.2 Å². The molecule has 8 heteroatoms. The van der Waals surface area contributed by atoms with E-state index in [0.29, 0.717) is 30.4 Å². The monoisotopic (exact) mass is 399 g/mol. The van der Waals surface area contributed by atoms with E-state index in [2.05, 4.69) is 21.0 Å². The number of hydrogen-bond donors (Lipinski definition) is 1. The number of nitrogen functional groups attached to an aromatic ring is 1. The molecule has 0 spiro atoms. The van der Waals surface area contributed by atoms with Gasteiger partial charge in [0.05, 0.1) is 19.3 Å². The first-order chi connectivity index (χ1) is 13.4. The first-order valence-electron chi connectivity index (χ1n) is 9.21. The lowest BCUT2D eigenvalue weighted by Gasteiger charge is -2.31. The van der Waals surface area contributed by atoms with Gasteiger partial charge in [-0.25, -0.2) is 4.98 Å². The number of rotatable bonds is 4. The van der Waals surface area contributed by atoms with Crippen molar-refractivity contribution in [1.82, 2.24) is 15.0 Å². The predicted octanol–water partition coefficient (Wildman–Crippen LogP) is 3.27. The molecule has 2 aromatic heterocycles. The molecule has 1 saturated carbocycles. The summed E-state index contributed by atoms with van der Waals surface area (Å²) in [5, 5.41) is 0.0880. The number of pyridine rings is 1. The molecule has 4 rings (SSSR count). The zero-order chi connectivity index (χ0) is 20.0. The number of carbonyl (C=O) groups excluding carboxylic acids is 1. The number of nitrogens with two attached hydrogens (primary N) is 1. The number of allylic oxidation sites excluding steroid dienone is 1. The van der Waals surface area contributed by atoms with Crippen LogP contribution in [-0.4, -0.2) is 34.4 Å². The Hall–Kier alpha value is -2.67. The fourth-order valence-corrected chi connectivity index (χ4v) is 3.85. The summed E-state index contributed by atoms with van der Waals surface area (Å²) in [7, 11) is 1.65. The van der Waals surface area contributed by atoms with E-state index in [-0.39, 0.29) is 16.9 Å². The van der Waals surface area contributed by atoms with Crippen LogP contribution in [0.2, 0.25) is 5.15 Å². The number of aromatic nitrogens is 3. The lowest BCUT2D eigenvalue weighted by Crippen LogP contribution is -2.36. The van der Waals surface area contributed by atoms with Gasteiger partial charge in [0.25, 0.3) is 0 Å². The molecule has 1 fully saturated rings. The maximum absolute atomic E-state index is 13.0. The first kappa shape index (κ1) is 18.7. The van der Waals surface area contributed by atoms with E-state index in [1.165, 1.54) is 0 Å². The van der Waals surface area contributed by atoms with Crippen LogP contribution < -0.4 is 15.4 Å². The number of fused-ring (bicyclic) bond motifs is 1. The number of hydrogen-bond acceptors (Lipinski definition) is 7. The van der Waals surface area contributed by atoms with Crippen molar-refractivity contribution >= 4 is 29.2 Å². The van der Waals surface area contributed by atoms with Crippen molar-refractivity contribution in [3.63, 3.8) is 0 Å². The minimum absolute atomic E-state index is 0.0438. The zero-order valence-corrected chi connectivity index (χ0v) is 16.9. The quantitative estimate of drug-likeness (QED) is 0.622. The van der Waals surface area contributed by atoms with E-state index in [0.717, 1.165) is 41.0 Å². The minimum Gasteiger partial charge on any atom is -0.496 e. The predicted molar refractivity (Wildman–Crippen MR) is 108 cm³/mol. The summed E-state index contributed by atoms with van der Waals surface area (Å²) in [5.74, 6) is 1.66. The van der Waals surface area contributed by atoms with Gasteiger partial charge in [0.15, 0.2) is 5.78 Å². The summed E-state index contributed by atoms with van der Waals surface area (Å²) in [5.41, 5.74) is 9.63. The summed E-state index contributed by atoms with van der Waals surface area (Å²) >= 11 is 6.29. The second kappa shape index (κ2) is 7.05. The second-order valence-electron chi connectivity index (χ2n) is 7.33. The lowest BCUT2D eigenvalue weighted by molar-refractivity contribution is 0.102. The van der Waals surface area contributed by atoms with Crippen LogP contribution in [0.1, 0.15) is 40.0 Å². The molecule has 0 bridgehead atoms. The molecule has 2 aliphatic rings. The molecule has 146 valence electrons. The second-order valence-corrected chi connectivity index (χ2v) is 7.69. The Labute approximate surface area is 168 Å². The topological polar surface area (TPSA) is 94.2 Å². The fourth-order valence-electron chi connectivity index (χ4n) is 3.59. The van der Waals surface area contributed by atoms with Gasteiger partial charge in [0, 0.05) is 29.4 Å². The fraction of sp³-hybridized carbons (Fsp3) is 0.400. The number of aryl methyl sites for hydroxylation is 1. The van der Waals surface area contributed by atoms with Gasteiger partial charge in [-0.1, -0.05) is 17.7 Å². The molecule has 1 aliphatic carbocycles. The van der Waals surface area contributed by atoms with Crippen LogP contribution >= 0.6 is 11.6 Å². The molecule has 2 N–H and O–H groups in total. The van der Waals surface area contributed by atoms with Crippen LogP contribution in [0.25, 0.3) is 0 Å². The molecular formula is C20H22ClN5O2. The molecular weight excluding hydrogens is 378 g/mol. The summed E-state index contributed by atoms with van der Waals surface area (Å²) in [6.45, 7) is 4.83. The molecule has 0 amide bonds. The highest BCUT2D eigenvalue weighted by molar-refractivity contribution is 6.35. The van der Waals surface area contributed by atoms with Gasteiger partial charge in [-0.05, 0) is 32.6 Å². The number of ketones is 1. The van der Waals surface area contributed by atoms with Gasteiger partial charge < -0.3 is 15.4 Å². The van der Waals surface area contributed by atoms with E-state index in [1.807, 2.05) is 18.7 Å². The van der Waals surface area contributed by atoms with Crippen molar-refractivity contribution < 1.29 is 9.53 Å². The Morgan fingerprint density at radius 2 is 2.11 bits per heavy atom. The van der Waals surface area contributed by atoms with Crippen molar-refractivity contribution in [3.8, 4) is 5.75 Å². The number of Topliss-reactive ketones (excluding diaryl/α,β-unsaturated/α-hetero) is 1. The van der Waals surface area contributed by atoms with Crippen LogP contribution in [0.3, 0.4) is 0 Å². The van der Waals surface area contributed by atoms with Crippen LogP contribution in [0.15, 0.2) is 17.8 Å². The summed E-state index contributed by atoms with van der Waals surface area (Å²) < 4.78 is 5.52. The first-order valence-corrected chi connectivity index (χ1v) is 9.59. The maximum Gasteiger partial charge on any atom is 0.223 e. The van der Waals surface area contributed by atoms with Crippen LogP contribution in [0, 0.1) is 19.8 Å². The van der Waals surface area contributed by atoms with Gasteiger partial charge in [0.2, 0.25) is 5.95 Å². The Balaban J connectivity index is 1.78. The number of nitrogens with zero attached hydrogens (tertiary/aromatic N) is 4. The standard InChI is InChI=1S/C20H22ClN5O2/c1-10-7-23-14(11(2)17(10)28-3)9-26-8-13(6-12-4-5-12)16(27)15-18(21)24-20(22)25-19(15)26/h6-7,12H,4-5,8-9H2,1-3H3,(H2,22,24,25)/b13-6+. The Morgan fingerprint density at radius 1 is 1.36 bits per heavy atom. The molecule has 0 atom stereocenters. The SMILES string of the molecule is COc1c(C)cnc(CN2C/C(=C\C3CC3)C(=O)c3c(Cl)nc(N)nc32)c1C. The van der Waals surface area contributed by atoms with Crippen LogP contribution in [0.5, 0.6) is 5.75 Å². The number of anilines is 2. The molecule has 0 unspecified atom stereocenters. The maximum atomic E-state index is 13.0. The Morgan fingerprint density at radius 3 is 2.79 bits per heavy atom. The molecule has 28 heavy (non-hydrogen) atoms. The molecule has 7 nitrogen and oxygen atoms in total. The van der Waals surface area contributed by atoms with Crippen LogP contribution in [-0.2, 0) is 6.54 Å². The number of ether oxygens (including phenoxy) is 1. The van der Waals surface area contributed by atoms with E-state index >= 15 is 0 Å². The summed E-state index contributed by atoms with van der Waals surface area (Å²) in [6, 6.07) is 0. The average molecular weight is 400 g/mol. The van der Waals surface area contributed by atoms with Gasteiger partial charge in [-0.3, -0.25) is 9.78 Å². The highest BCUT2D eigenvalue weighted by Crippen LogP contribution is 2.38. The molecule has 0 aromatic carbocycles. The molecule has 1 aliphatic heterocycles. The van der Waals surface area contributed by atoms with Crippen molar-refractivity contribution in [1.29, 1.82) is 0 Å². The van der Waals surface area contributed by atoms with Crippen molar-refractivity contribution in [2.75, 3.05) is 24.3 Å². The average Bonchev–Trinajstić information content (AvgIpc) is 3.45. The summed E-state index contributed by atoms with van der Waals surface area (Å²) in [6.07, 6.45) is 6.08. The highest BCUT2D eigenvalue weighted by atomic mass is 35.5. The largest absolute Gasteiger partial charge is 0.496 e. The number of methoxy groups -OCH3 is 1. The third-order valence-corrected chi connectivity index (χ3v) is 5.47. The normalized spacial score (nSPS) is 17.8. The minimum atomic E-state index is -0.116. The molecule has 0 saturated heterocycles. The van der Waals surface area contributed by atoms with Crippen molar-refractivity contribution in [2.24, 2.45) is 5.92 Å². The molecule has 3 heterocycles. The summed E-state index contributed by atoms with van der Waals surface area (Å²) in [4.78, 5) is 27.9. The number of carbonyl (C=O) groups is 1. The van der Waals surface area contributed by atoms with E-state index in [9.17, 15) is 4.79 Å². The number of halogens is 1. The van der Waals surface area contributed by atoms with E-state index in [4.69, 9.17) is 22.1 Å².